The predicted octanol–water partition coefficient (Wildman–Crippen LogP) is 0.614. The number of nitrogens with zero attached hydrogens (tertiary/aromatic N) is 1. The standard InChI is InChI=1S/C9H21N3O2S.HI/c1-4-6-11-9(10-5-2)12-7-8-15(3,13)14;/h4-8H2,1-3H3,(H2,10,11,12);1H. The minimum Gasteiger partial charge on any atom is -0.357 e. The van der Waals surface area contributed by atoms with Crippen molar-refractivity contribution in [3.05, 3.63) is 0 Å². The van der Waals surface area contributed by atoms with Crippen molar-refractivity contribution in [2.75, 3.05) is 31.6 Å². The Morgan fingerprint density at radius 1 is 1.25 bits per heavy atom. The Morgan fingerprint density at radius 3 is 2.31 bits per heavy atom. The number of hydrogen-bond acceptors (Lipinski definition) is 3. The fraction of sp³-hybridized carbons (Fsp3) is 0.889. The van der Waals surface area contributed by atoms with Crippen LogP contribution in [0, 0.1) is 0 Å². The van der Waals surface area contributed by atoms with Gasteiger partial charge in [-0.15, -0.1) is 24.0 Å². The molecule has 0 amide bonds. The number of nitrogens with one attached hydrogen (secondary N) is 2. The first kappa shape index (κ1) is 18.3. The molecule has 0 rings (SSSR count). The number of hydrogen-bond donors (Lipinski definition) is 2. The second kappa shape index (κ2) is 10.1. The van der Waals surface area contributed by atoms with E-state index < -0.39 is 9.84 Å². The van der Waals surface area contributed by atoms with Gasteiger partial charge in [0.15, 0.2) is 5.96 Å². The van der Waals surface area contributed by atoms with Crippen LogP contribution in [-0.2, 0) is 9.84 Å². The van der Waals surface area contributed by atoms with E-state index in [9.17, 15) is 8.42 Å². The topological polar surface area (TPSA) is 70.6 Å². The monoisotopic (exact) mass is 363 g/mol. The molecule has 0 heterocycles. The van der Waals surface area contributed by atoms with E-state index in [1.807, 2.05) is 13.8 Å². The number of sulfone groups is 1. The van der Waals surface area contributed by atoms with Crippen molar-refractivity contribution in [2.45, 2.75) is 20.3 Å². The van der Waals surface area contributed by atoms with Crippen LogP contribution in [0.3, 0.4) is 0 Å². The highest BCUT2D eigenvalue weighted by Gasteiger charge is 2.02. The quantitative estimate of drug-likeness (QED) is 0.412. The summed E-state index contributed by atoms with van der Waals surface area (Å²) in [5.41, 5.74) is 0. The molecule has 0 aromatic rings. The summed E-state index contributed by atoms with van der Waals surface area (Å²) in [6.07, 6.45) is 2.20. The molecule has 16 heavy (non-hydrogen) atoms. The van der Waals surface area contributed by atoms with Crippen LogP contribution in [0.15, 0.2) is 4.99 Å². The van der Waals surface area contributed by atoms with Gasteiger partial charge in [-0.3, -0.25) is 4.99 Å². The van der Waals surface area contributed by atoms with Gasteiger partial charge in [-0.2, -0.15) is 0 Å². The summed E-state index contributed by atoms with van der Waals surface area (Å²) in [7, 11) is -2.90. The van der Waals surface area contributed by atoms with E-state index in [1.165, 1.54) is 6.26 Å². The summed E-state index contributed by atoms with van der Waals surface area (Å²) < 4.78 is 21.8. The van der Waals surface area contributed by atoms with Crippen molar-refractivity contribution >= 4 is 39.8 Å². The third-order valence-electron chi connectivity index (χ3n) is 1.60. The first-order valence-corrected chi connectivity index (χ1v) is 7.25. The SMILES string of the molecule is CCCN=C(NCC)NCCS(C)(=O)=O.I. The average Bonchev–Trinajstić information content (AvgIpc) is 2.12. The van der Waals surface area contributed by atoms with Crippen molar-refractivity contribution in [1.82, 2.24) is 10.6 Å². The highest BCUT2D eigenvalue weighted by Crippen LogP contribution is 1.82. The fourth-order valence-corrected chi connectivity index (χ4v) is 1.39. The molecular formula is C9H22IN3O2S. The van der Waals surface area contributed by atoms with Crippen molar-refractivity contribution in [2.24, 2.45) is 4.99 Å². The molecule has 0 aromatic carbocycles. The van der Waals surface area contributed by atoms with E-state index in [4.69, 9.17) is 0 Å². The summed E-state index contributed by atoms with van der Waals surface area (Å²) in [5, 5.41) is 6.02. The second-order valence-corrected chi connectivity index (χ2v) is 5.58. The molecule has 0 aliphatic carbocycles. The molecule has 7 heteroatoms. The largest absolute Gasteiger partial charge is 0.357 e. The fourth-order valence-electron chi connectivity index (χ4n) is 0.920. The lowest BCUT2D eigenvalue weighted by Gasteiger charge is -2.10. The third-order valence-corrected chi connectivity index (χ3v) is 2.55. The van der Waals surface area contributed by atoms with Gasteiger partial charge in [-0.25, -0.2) is 8.42 Å². The van der Waals surface area contributed by atoms with Gasteiger partial charge in [0.25, 0.3) is 0 Å². The Morgan fingerprint density at radius 2 is 1.88 bits per heavy atom. The maximum atomic E-state index is 10.9. The summed E-state index contributed by atoms with van der Waals surface area (Å²) >= 11 is 0. The molecule has 0 saturated carbocycles. The van der Waals surface area contributed by atoms with Crippen LogP contribution in [0.1, 0.15) is 20.3 Å². The Labute approximate surface area is 115 Å². The van der Waals surface area contributed by atoms with E-state index in [0.29, 0.717) is 12.5 Å². The minimum atomic E-state index is -2.90. The van der Waals surface area contributed by atoms with Crippen molar-refractivity contribution in [1.29, 1.82) is 0 Å². The molecule has 0 fully saturated rings. The van der Waals surface area contributed by atoms with Gasteiger partial charge in [0.1, 0.15) is 9.84 Å². The third kappa shape index (κ3) is 12.0. The van der Waals surface area contributed by atoms with Crippen LogP contribution in [0.25, 0.3) is 0 Å². The Bertz CT molecular complexity index is 291. The zero-order valence-corrected chi connectivity index (χ0v) is 13.3. The van der Waals surface area contributed by atoms with Gasteiger partial charge >= 0.3 is 0 Å². The number of halogens is 1. The first-order chi connectivity index (χ1) is 6.99. The second-order valence-electron chi connectivity index (χ2n) is 3.32. The zero-order chi connectivity index (χ0) is 11.7. The lowest BCUT2D eigenvalue weighted by molar-refractivity contribution is 0.600. The highest BCUT2D eigenvalue weighted by atomic mass is 127. The van der Waals surface area contributed by atoms with Crippen LogP contribution < -0.4 is 10.6 Å². The van der Waals surface area contributed by atoms with Gasteiger partial charge in [0, 0.05) is 25.9 Å². The maximum Gasteiger partial charge on any atom is 0.191 e. The predicted molar refractivity (Wildman–Crippen MR) is 79.4 cm³/mol. The molecule has 0 radical (unpaired) electrons. The molecule has 0 atom stereocenters. The normalized spacial score (nSPS) is 11.8. The number of rotatable bonds is 6. The lowest BCUT2D eigenvalue weighted by atomic mass is 10.5. The lowest BCUT2D eigenvalue weighted by Crippen LogP contribution is -2.39. The Kier molecular flexibility index (Phi) is 11.6. The zero-order valence-electron chi connectivity index (χ0n) is 10.1. The van der Waals surface area contributed by atoms with Crippen LogP contribution in [0.5, 0.6) is 0 Å². The Balaban J connectivity index is 0. The summed E-state index contributed by atoms with van der Waals surface area (Å²) in [6, 6.07) is 0. The summed E-state index contributed by atoms with van der Waals surface area (Å²) in [5.74, 6) is 0.812. The summed E-state index contributed by atoms with van der Waals surface area (Å²) in [4.78, 5) is 4.25. The van der Waals surface area contributed by atoms with Crippen molar-refractivity contribution in [3.63, 3.8) is 0 Å². The molecule has 2 N–H and O–H groups in total. The van der Waals surface area contributed by atoms with Crippen molar-refractivity contribution in [3.8, 4) is 0 Å². The molecule has 0 aliphatic heterocycles. The molecule has 5 nitrogen and oxygen atoms in total. The molecule has 0 aromatic heterocycles. The molecule has 0 saturated heterocycles. The average molecular weight is 363 g/mol. The molecule has 0 spiro atoms. The maximum absolute atomic E-state index is 10.9. The van der Waals surface area contributed by atoms with Gasteiger partial charge in [0.2, 0.25) is 0 Å². The molecule has 0 aliphatic rings. The van der Waals surface area contributed by atoms with Gasteiger partial charge < -0.3 is 10.6 Å². The van der Waals surface area contributed by atoms with Crippen molar-refractivity contribution < 1.29 is 8.42 Å². The molecule has 0 unspecified atom stereocenters. The van der Waals surface area contributed by atoms with Crippen LogP contribution in [0.2, 0.25) is 0 Å². The number of guanidine groups is 1. The van der Waals surface area contributed by atoms with Crippen LogP contribution in [-0.4, -0.2) is 46.0 Å². The smallest absolute Gasteiger partial charge is 0.191 e. The summed E-state index contributed by atoms with van der Waals surface area (Å²) in [6.45, 7) is 5.93. The van der Waals surface area contributed by atoms with Crippen LogP contribution in [0.4, 0.5) is 0 Å². The molecular weight excluding hydrogens is 341 g/mol. The van der Waals surface area contributed by atoms with E-state index in [2.05, 4.69) is 15.6 Å². The van der Waals surface area contributed by atoms with E-state index in [0.717, 1.165) is 19.5 Å². The van der Waals surface area contributed by atoms with Gasteiger partial charge in [-0.1, -0.05) is 6.92 Å². The molecule has 98 valence electrons. The van der Waals surface area contributed by atoms with Crippen LogP contribution >= 0.6 is 24.0 Å². The van der Waals surface area contributed by atoms with Gasteiger partial charge in [0.05, 0.1) is 5.75 Å². The van der Waals surface area contributed by atoms with E-state index in [-0.39, 0.29) is 29.7 Å². The highest BCUT2D eigenvalue weighted by molar-refractivity contribution is 14.0. The molecule has 0 bridgehead atoms. The van der Waals surface area contributed by atoms with E-state index in [1.54, 1.807) is 0 Å². The van der Waals surface area contributed by atoms with Gasteiger partial charge in [-0.05, 0) is 13.3 Å². The Hall–Kier alpha value is -0.0500. The number of aliphatic imine (C=N–C) groups is 1. The first-order valence-electron chi connectivity index (χ1n) is 5.19. The minimum absolute atomic E-state index is 0. The van der Waals surface area contributed by atoms with E-state index >= 15 is 0 Å².